The topological polar surface area (TPSA) is 103 Å². The van der Waals surface area contributed by atoms with Gasteiger partial charge in [-0.25, -0.2) is 14.8 Å². The fourth-order valence-corrected chi connectivity index (χ4v) is 6.37. The van der Waals surface area contributed by atoms with Gasteiger partial charge in [-0.3, -0.25) is 4.90 Å². The minimum absolute atomic E-state index is 0.250. The molecule has 0 radical (unpaired) electrons. The highest BCUT2D eigenvalue weighted by Gasteiger charge is 2.24. The molecule has 2 aliphatic rings. The highest BCUT2D eigenvalue weighted by atomic mass is 35.5. The van der Waals surface area contributed by atoms with Gasteiger partial charge in [-0.15, -0.1) is 0 Å². The fourth-order valence-electron chi connectivity index (χ4n) is 5.39. The number of fused-ring (bicyclic) bond motifs is 1. The molecular weight excluding hydrogens is 620 g/mol. The number of rotatable bonds is 14. The summed E-state index contributed by atoms with van der Waals surface area (Å²) < 4.78 is 20.6. The number of aromatic nitrogens is 3. The van der Waals surface area contributed by atoms with Crippen LogP contribution < -0.4 is 20.1 Å². The molecule has 2 N–H and O–H groups in total. The maximum atomic E-state index is 12.2. The molecule has 12 heteroatoms. The lowest BCUT2D eigenvalue weighted by atomic mass is 10.1. The number of anilines is 1. The van der Waals surface area contributed by atoms with E-state index in [1.807, 2.05) is 18.2 Å². The van der Waals surface area contributed by atoms with E-state index in [4.69, 9.17) is 25.8 Å². The number of nitrogens with one attached hydrogen (secondary N) is 2. The molecule has 4 aromatic rings. The molecule has 0 spiro atoms. The van der Waals surface area contributed by atoms with Crippen molar-refractivity contribution < 1.29 is 19.0 Å². The van der Waals surface area contributed by atoms with Gasteiger partial charge in [0.05, 0.1) is 21.8 Å². The molecule has 0 atom stereocenters. The molecule has 1 aliphatic carbocycles. The first-order valence-corrected chi connectivity index (χ1v) is 20.2. The molecule has 3 heterocycles. The van der Waals surface area contributed by atoms with Crippen molar-refractivity contribution in [1.29, 1.82) is 0 Å². The van der Waals surface area contributed by atoms with E-state index in [9.17, 15) is 4.79 Å². The third-order valence-electron chi connectivity index (χ3n) is 8.21. The molecule has 2 fully saturated rings. The van der Waals surface area contributed by atoms with Crippen LogP contribution in [-0.2, 0) is 11.5 Å². The van der Waals surface area contributed by atoms with Crippen molar-refractivity contribution in [3.8, 4) is 28.6 Å². The van der Waals surface area contributed by atoms with Crippen LogP contribution in [0.4, 0.5) is 10.5 Å². The molecular formula is C34H43ClN6O4Si. The van der Waals surface area contributed by atoms with Crippen molar-refractivity contribution in [3.05, 3.63) is 59.9 Å². The Bertz CT molecular complexity index is 1650. The van der Waals surface area contributed by atoms with E-state index in [1.165, 1.54) is 19.2 Å². The van der Waals surface area contributed by atoms with Crippen LogP contribution in [-0.4, -0.2) is 72.4 Å². The van der Waals surface area contributed by atoms with Gasteiger partial charge in [-0.2, -0.15) is 0 Å². The molecule has 244 valence electrons. The van der Waals surface area contributed by atoms with Crippen LogP contribution in [0.5, 0.6) is 17.4 Å². The number of amides is 2. The molecule has 1 aliphatic heterocycles. The van der Waals surface area contributed by atoms with Gasteiger partial charge in [-0.05, 0) is 92.8 Å². The first-order chi connectivity index (χ1) is 22.2. The minimum atomic E-state index is -1.25. The summed E-state index contributed by atoms with van der Waals surface area (Å²) in [5.41, 5.74) is 3.16. The molecule has 1 saturated heterocycles. The lowest BCUT2D eigenvalue weighted by Crippen LogP contribution is -2.30. The Balaban J connectivity index is 1.22. The molecule has 0 bridgehead atoms. The highest BCUT2D eigenvalue weighted by Crippen LogP contribution is 2.36. The second-order valence-electron chi connectivity index (χ2n) is 13.3. The maximum Gasteiger partial charge on any atom is 0.319 e. The first kappa shape index (κ1) is 32.3. The van der Waals surface area contributed by atoms with E-state index in [0.29, 0.717) is 47.9 Å². The number of hydrogen-bond donors (Lipinski definition) is 2. The van der Waals surface area contributed by atoms with E-state index in [2.05, 4.69) is 61.8 Å². The van der Waals surface area contributed by atoms with Crippen molar-refractivity contribution >= 4 is 42.4 Å². The largest absolute Gasteiger partial charge is 0.492 e. The predicted molar refractivity (Wildman–Crippen MR) is 185 cm³/mol. The van der Waals surface area contributed by atoms with Gasteiger partial charge in [0, 0.05) is 33.3 Å². The Kier molecular flexibility index (Phi) is 10.1. The Morgan fingerprint density at radius 2 is 1.76 bits per heavy atom. The van der Waals surface area contributed by atoms with Crippen LogP contribution in [0.1, 0.15) is 25.7 Å². The van der Waals surface area contributed by atoms with Gasteiger partial charge in [0.15, 0.2) is 0 Å². The van der Waals surface area contributed by atoms with Crippen LogP contribution in [0.25, 0.3) is 22.3 Å². The average molecular weight is 663 g/mol. The molecule has 10 nitrogen and oxygen atoms in total. The number of urea groups is 1. The number of nitrogens with zero attached hydrogens (tertiary/aromatic N) is 4. The third kappa shape index (κ3) is 8.58. The van der Waals surface area contributed by atoms with Crippen molar-refractivity contribution in [1.82, 2.24) is 24.8 Å². The van der Waals surface area contributed by atoms with Gasteiger partial charge in [0.2, 0.25) is 5.88 Å². The van der Waals surface area contributed by atoms with E-state index >= 15 is 0 Å². The summed E-state index contributed by atoms with van der Waals surface area (Å²) in [6.07, 6.45) is 6.07. The summed E-state index contributed by atoms with van der Waals surface area (Å²) >= 11 is 6.51. The zero-order valence-electron chi connectivity index (χ0n) is 26.9. The number of carbonyl (C=O) groups excluding carboxylic acids is 1. The predicted octanol–water partition coefficient (Wildman–Crippen LogP) is 7.61. The zero-order valence-corrected chi connectivity index (χ0v) is 28.6. The summed E-state index contributed by atoms with van der Waals surface area (Å²) in [6, 6.07) is 16.4. The summed E-state index contributed by atoms with van der Waals surface area (Å²) in [4.78, 5) is 23.8. The van der Waals surface area contributed by atoms with E-state index in [-0.39, 0.29) is 12.1 Å². The lowest BCUT2D eigenvalue weighted by molar-refractivity contribution is 0.0909. The van der Waals surface area contributed by atoms with E-state index < -0.39 is 8.07 Å². The molecule has 2 aromatic heterocycles. The molecule has 0 unspecified atom stereocenters. The van der Waals surface area contributed by atoms with Gasteiger partial charge < -0.3 is 29.4 Å². The van der Waals surface area contributed by atoms with Gasteiger partial charge in [-0.1, -0.05) is 31.2 Å². The van der Waals surface area contributed by atoms with Crippen molar-refractivity contribution in [2.45, 2.75) is 64.1 Å². The first-order valence-electron chi connectivity index (χ1n) is 16.1. The fraction of sp³-hybridized carbons (Fsp3) is 0.441. The summed E-state index contributed by atoms with van der Waals surface area (Å²) in [7, 11) is -1.25. The minimum Gasteiger partial charge on any atom is -0.492 e. The molecule has 1 saturated carbocycles. The van der Waals surface area contributed by atoms with E-state index in [0.717, 1.165) is 60.9 Å². The number of ether oxygens (including phenoxy) is 3. The second kappa shape index (κ2) is 14.4. The summed E-state index contributed by atoms with van der Waals surface area (Å²) in [5.74, 6) is 1.74. The SMILES string of the molecule is C[Si](C)(C)CCOCn1c(-c2ccc(OCCN3CCCC3)cc2)cc2c(Oc3ccc(NC(=O)NC4CC4)c(Cl)c3)ncnc21. The standard InChI is InChI=1S/C34H43ClN6O4Si/c1-46(2,3)19-18-43-23-41-31(24-6-10-26(11-7-24)44-17-16-40-14-4-5-15-40)21-28-32(41)36-22-37-33(28)45-27-12-13-30(29(35)20-27)39-34(42)38-25-8-9-25/h6-7,10-13,20-22,25H,4-5,8-9,14-19,23H2,1-3H3,(H2,38,39,42). The smallest absolute Gasteiger partial charge is 0.319 e. The van der Waals surface area contributed by atoms with Crippen LogP contribution in [0.3, 0.4) is 0 Å². The monoisotopic (exact) mass is 662 g/mol. The molecule has 46 heavy (non-hydrogen) atoms. The molecule has 2 aromatic carbocycles. The van der Waals surface area contributed by atoms with E-state index in [1.54, 1.807) is 18.2 Å². The van der Waals surface area contributed by atoms with Gasteiger partial charge >= 0.3 is 6.03 Å². The van der Waals surface area contributed by atoms with Crippen LogP contribution >= 0.6 is 11.6 Å². The Morgan fingerprint density at radius 1 is 1.00 bits per heavy atom. The van der Waals surface area contributed by atoms with Crippen LogP contribution in [0.2, 0.25) is 30.7 Å². The van der Waals surface area contributed by atoms with Crippen molar-refractivity contribution in [2.75, 3.05) is 38.2 Å². The number of hydrogen-bond acceptors (Lipinski definition) is 7. The number of carbonyl (C=O) groups is 1. The van der Waals surface area contributed by atoms with Gasteiger partial charge in [0.1, 0.15) is 36.8 Å². The number of likely N-dealkylation sites (tertiary alicyclic amines) is 1. The summed E-state index contributed by atoms with van der Waals surface area (Å²) in [5, 5.41) is 6.82. The van der Waals surface area contributed by atoms with Crippen LogP contribution in [0, 0.1) is 0 Å². The molecule has 6 rings (SSSR count). The quantitative estimate of drug-likeness (QED) is 0.106. The summed E-state index contributed by atoms with van der Waals surface area (Å²) in [6.45, 7) is 12.0. The zero-order chi connectivity index (χ0) is 32.1. The number of benzene rings is 2. The Morgan fingerprint density at radius 3 is 2.48 bits per heavy atom. The van der Waals surface area contributed by atoms with Crippen LogP contribution in [0.15, 0.2) is 54.9 Å². The number of halogens is 1. The average Bonchev–Trinajstić information content (AvgIpc) is 3.52. The lowest BCUT2D eigenvalue weighted by Gasteiger charge is -2.17. The van der Waals surface area contributed by atoms with Crippen molar-refractivity contribution in [2.24, 2.45) is 0 Å². The second-order valence-corrected chi connectivity index (χ2v) is 19.3. The molecule has 2 amide bonds. The van der Waals surface area contributed by atoms with Crippen molar-refractivity contribution in [3.63, 3.8) is 0 Å². The van der Waals surface area contributed by atoms with Gasteiger partial charge in [0.25, 0.3) is 0 Å². The maximum absolute atomic E-state index is 12.2. The Hall–Kier alpha value is -3.64. The third-order valence-corrected chi connectivity index (χ3v) is 10.2. The normalized spacial score (nSPS) is 15.3. The highest BCUT2D eigenvalue weighted by molar-refractivity contribution is 6.76. The Labute approximate surface area is 276 Å².